The molecule has 0 aromatic heterocycles. The number of likely N-dealkylation sites (tertiary alicyclic amines) is 1. The highest BCUT2D eigenvalue weighted by Gasteiger charge is 2.37. The zero-order valence-electron chi connectivity index (χ0n) is 12.7. The number of carbonyl (C=O) groups is 1. The van der Waals surface area contributed by atoms with Crippen LogP contribution in [0.2, 0.25) is 0 Å². The summed E-state index contributed by atoms with van der Waals surface area (Å²) in [6.45, 7) is 3.70. The Kier molecular flexibility index (Phi) is 4.43. The number of nitrogens with one attached hydrogen (secondary N) is 1. The minimum atomic E-state index is -0.461. The van der Waals surface area contributed by atoms with Crippen molar-refractivity contribution >= 4 is 5.91 Å². The summed E-state index contributed by atoms with van der Waals surface area (Å²) in [5, 5.41) is 3.40. The number of hydrogen-bond donors (Lipinski definition) is 1. The minimum absolute atomic E-state index is 0.0458. The van der Waals surface area contributed by atoms with Gasteiger partial charge in [-0.1, -0.05) is 0 Å². The lowest BCUT2D eigenvalue weighted by Gasteiger charge is -2.39. The Hall–Kier alpha value is -1.49. The molecule has 0 aliphatic carbocycles. The van der Waals surface area contributed by atoms with Crippen molar-refractivity contribution in [3.8, 4) is 0 Å². The number of piperidine rings is 1. The van der Waals surface area contributed by atoms with Crippen molar-refractivity contribution in [3.63, 3.8) is 0 Å². The Bertz CT molecular complexity index is 546. The lowest BCUT2D eigenvalue weighted by Crippen LogP contribution is -2.44. The molecule has 5 heteroatoms. The van der Waals surface area contributed by atoms with Crippen molar-refractivity contribution in [2.24, 2.45) is 5.41 Å². The summed E-state index contributed by atoms with van der Waals surface area (Å²) in [6.07, 6.45) is 3.78. The first-order valence-corrected chi connectivity index (χ1v) is 8.00. The van der Waals surface area contributed by atoms with Gasteiger partial charge >= 0.3 is 0 Å². The number of carbonyl (C=O) groups excluding carboxylic acids is 1. The molecule has 0 radical (unpaired) electrons. The Balaban J connectivity index is 1.51. The predicted octanol–water partition coefficient (Wildman–Crippen LogP) is 2.50. The van der Waals surface area contributed by atoms with Gasteiger partial charge in [0, 0.05) is 26.1 Å². The number of rotatable bonds is 3. The van der Waals surface area contributed by atoms with Crippen molar-refractivity contribution in [2.75, 3.05) is 26.2 Å². The van der Waals surface area contributed by atoms with Crippen LogP contribution in [0.1, 0.15) is 31.2 Å². The van der Waals surface area contributed by atoms with E-state index in [-0.39, 0.29) is 24.3 Å². The Morgan fingerprint density at radius 2 is 2.00 bits per heavy atom. The van der Waals surface area contributed by atoms with Gasteiger partial charge in [0.25, 0.3) is 0 Å². The minimum Gasteiger partial charge on any atom is -0.343 e. The van der Waals surface area contributed by atoms with Gasteiger partial charge in [-0.25, -0.2) is 8.78 Å². The van der Waals surface area contributed by atoms with E-state index >= 15 is 0 Å². The van der Waals surface area contributed by atoms with Crippen LogP contribution in [0.25, 0.3) is 0 Å². The molecule has 120 valence electrons. The van der Waals surface area contributed by atoms with Gasteiger partial charge in [-0.3, -0.25) is 4.79 Å². The molecule has 2 heterocycles. The normalized spacial score (nSPS) is 20.5. The monoisotopic (exact) mass is 308 g/mol. The summed E-state index contributed by atoms with van der Waals surface area (Å²) in [7, 11) is 0. The lowest BCUT2D eigenvalue weighted by atomic mass is 9.78. The van der Waals surface area contributed by atoms with E-state index < -0.39 is 11.6 Å². The van der Waals surface area contributed by atoms with Gasteiger partial charge in [-0.15, -0.1) is 0 Å². The van der Waals surface area contributed by atoms with Crippen molar-refractivity contribution in [1.29, 1.82) is 0 Å². The second kappa shape index (κ2) is 6.32. The summed E-state index contributed by atoms with van der Waals surface area (Å²) >= 11 is 0. The van der Waals surface area contributed by atoms with Crippen LogP contribution in [0.3, 0.4) is 0 Å². The topological polar surface area (TPSA) is 32.3 Å². The third-order valence-electron chi connectivity index (χ3n) is 5.12. The second-order valence-electron chi connectivity index (χ2n) is 6.54. The molecule has 2 aliphatic rings. The van der Waals surface area contributed by atoms with Crippen molar-refractivity contribution in [1.82, 2.24) is 10.2 Å². The van der Waals surface area contributed by atoms with Crippen LogP contribution in [0.15, 0.2) is 18.2 Å². The van der Waals surface area contributed by atoms with Crippen LogP contribution in [-0.2, 0) is 11.2 Å². The van der Waals surface area contributed by atoms with Crippen LogP contribution in [0, 0.1) is 17.0 Å². The molecule has 22 heavy (non-hydrogen) atoms. The molecule has 3 nitrogen and oxygen atoms in total. The van der Waals surface area contributed by atoms with E-state index in [1.54, 1.807) is 0 Å². The van der Waals surface area contributed by atoms with Crippen LogP contribution in [0.5, 0.6) is 0 Å². The highest BCUT2D eigenvalue weighted by atomic mass is 19.1. The summed E-state index contributed by atoms with van der Waals surface area (Å²) < 4.78 is 26.7. The van der Waals surface area contributed by atoms with Gasteiger partial charge in [-0.2, -0.15) is 0 Å². The largest absolute Gasteiger partial charge is 0.343 e. The Morgan fingerprint density at radius 1 is 1.23 bits per heavy atom. The molecule has 1 amide bonds. The highest BCUT2D eigenvalue weighted by Crippen LogP contribution is 2.37. The molecular formula is C17H22F2N2O. The Morgan fingerprint density at radius 3 is 2.68 bits per heavy atom. The molecule has 2 aliphatic heterocycles. The number of nitrogens with zero attached hydrogens (tertiary/aromatic N) is 1. The van der Waals surface area contributed by atoms with E-state index in [0.717, 1.165) is 51.2 Å². The van der Waals surface area contributed by atoms with E-state index in [2.05, 4.69) is 5.32 Å². The fraction of sp³-hybridized carbons (Fsp3) is 0.588. The quantitative estimate of drug-likeness (QED) is 0.930. The predicted molar refractivity (Wildman–Crippen MR) is 80.4 cm³/mol. The molecule has 2 fully saturated rings. The fourth-order valence-electron chi connectivity index (χ4n) is 3.59. The van der Waals surface area contributed by atoms with E-state index in [1.807, 2.05) is 4.90 Å². The standard InChI is InChI=1S/C17H22F2N2O/c18-14-2-3-15(19)13(11-14)1-4-16(22)21-9-6-17(7-10-21)5-8-20-12-17/h2-3,11,20H,1,4-10,12H2. The van der Waals surface area contributed by atoms with Gasteiger partial charge < -0.3 is 10.2 Å². The number of amides is 1. The van der Waals surface area contributed by atoms with Crippen LogP contribution in [0.4, 0.5) is 8.78 Å². The number of aryl methyl sites for hydroxylation is 1. The van der Waals surface area contributed by atoms with Gasteiger partial charge in [0.15, 0.2) is 0 Å². The molecular weight excluding hydrogens is 286 g/mol. The first-order chi connectivity index (χ1) is 10.6. The zero-order chi connectivity index (χ0) is 15.6. The van der Waals surface area contributed by atoms with Gasteiger partial charge in [-0.05, 0) is 61.4 Å². The molecule has 1 aromatic rings. The molecule has 2 saturated heterocycles. The van der Waals surface area contributed by atoms with Gasteiger partial charge in [0.1, 0.15) is 11.6 Å². The second-order valence-corrected chi connectivity index (χ2v) is 6.54. The SMILES string of the molecule is O=C(CCc1cc(F)ccc1F)N1CCC2(CCNC2)CC1. The van der Waals surface area contributed by atoms with E-state index in [9.17, 15) is 13.6 Å². The van der Waals surface area contributed by atoms with E-state index in [1.165, 1.54) is 12.5 Å². The Labute approximate surface area is 129 Å². The zero-order valence-corrected chi connectivity index (χ0v) is 12.7. The number of halogens is 2. The maximum atomic E-state index is 13.6. The molecule has 1 aromatic carbocycles. The summed E-state index contributed by atoms with van der Waals surface area (Å²) in [6, 6.07) is 3.39. The number of hydrogen-bond acceptors (Lipinski definition) is 2. The van der Waals surface area contributed by atoms with Crippen LogP contribution in [-0.4, -0.2) is 37.0 Å². The first kappa shape index (κ1) is 15.4. The van der Waals surface area contributed by atoms with Crippen molar-refractivity contribution in [3.05, 3.63) is 35.4 Å². The van der Waals surface area contributed by atoms with E-state index in [0.29, 0.717) is 5.41 Å². The fourth-order valence-corrected chi connectivity index (χ4v) is 3.59. The molecule has 0 atom stereocenters. The maximum Gasteiger partial charge on any atom is 0.222 e. The highest BCUT2D eigenvalue weighted by molar-refractivity contribution is 5.76. The average molecular weight is 308 g/mol. The lowest BCUT2D eigenvalue weighted by molar-refractivity contribution is -0.133. The van der Waals surface area contributed by atoms with Gasteiger partial charge in [0.2, 0.25) is 5.91 Å². The van der Waals surface area contributed by atoms with Crippen LogP contribution < -0.4 is 5.32 Å². The first-order valence-electron chi connectivity index (χ1n) is 8.00. The summed E-state index contributed by atoms with van der Waals surface area (Å²) in [5.74, 6) is -0.856. The molecule has 0 bridgehead atoms. The smallest absolute Gasteiger partial charge is 0.222 e. The number of benzene rings is 1. The molecule has 1 spiro atoms. The summed E-state index contributed by atoms with van der Waals surface area (Å²) in [5.41, 5.74) is 0.660. The molecule has 3 rings (SSSR count). The third-order valence-corrected chi connectivity index (χ3v) is 5.12. The van der Waals surface area contributed by atoms with Crippen molar-refractivity contribution in [2.45, 2.75) is 32.1 Å². The molecule has 0 unspecified atom stereocenters. The average Bonchev–Trinajstić information content (AvgIpc) is 2.97. The van der Waals surface area contributed by atoms with E-state index in [4.69, 9.17) is 0 Å². The summed E-state index contributed by atoms with van der Waals surface area (Å²) in [4.78, 5) is 14.1. The third kappa shape index (κ3) is 3.29. The van der Waals surface area contributed by atoms with Crippen molar-refractivity contribution < 1.29 is 13.6 Å². The van der Waals surface area contributed by atoms with Gasteiger partial charge in [0.05, 0.1) is 0 Å². The molecule has 1 N–H and O–H groups in total. The molecule has 0 saturated carbocycles. The maximum absolute atomic E-state index is 13.6. The van der Waals surface area contributed by atoms with Crippen LogP contribution >= 0.6 is 0 Å².